The number of carboxylic acids is 1. The van der Waals surface area contributed by atoms with E-state index < -0.39 is 5.97 Å². The third-order valence-electron chi connectivity index (χ3n) is 6.02. The van der Waals surface area contributed by atoms with Gasteiger partial charge in [0.2, 0.25) is 5.91 Å². The quantitative estimate of drug-likeness (QED) is 0.729. The van der Waals surface area contributed by atoms with Crippen LogP contribution < -0.4 is 5.32 Å². The molecule has 3 saturated heterocycles. The van der Waals surface area contributed by atoms with Gasteiger partial charge in [0.05, 0.1) is 6.54 Å². The molecule has 0 saturated carbocycles. The highest BCUT2D eigenvalue weighted by Crippen LogP contribution is 2.21. The summed E-state index contributed by atoms with van der Waals surface area (Å²) in [4.78, 5) is 30.1. The van der Waals surface area contributed by atoms with Crippen molar-refractivity contribution in [2.45, 2.75) is 38.1 Å². The normalized spacial score (nSPS) is 25.2. The summed E-state index contributed by atoms with van der Waals surface area (Å²) in [5.74, 6) is -0.282. The third kappa shape index (κ3) is 5.39. The van der Waals surface area contributed by atoms with Crippen LogP contribution in [0.5, 0.6) is 0 Å². The molecule has 3 aliphatic heterocycles. The Morgan fingerprint density at radius 3 is 2.16 bits per heavy atom. The van der Waals surface area contributed by atoms with E-state index in [1.807, 2.05) is 4.90 Å². The van der Waals surface area contributed by atoms with Gasteiger partial charge in [0.15, 0.2) is 0 Å². The average Bonchev–Trinajstić information content (AvgIpc) is 2.63. The lowest BCUT2D eigenvalue weighted by molar-refractivity contribution is -0.138. The first-order chi connectivity index (χ1) is 12.1. The second-order valence-electron chi connectivity index (χ2n) is 7.72. The monoisotopic (exact) mass is 352 g/mol. The van der Waals surface area contributed by atoms with Crippen molar-refractivity contribution in [1.29, 1.82) is 0 Å². The highest BCUT2D eigenvalue weighted by atomic mass is 16.4. The molecule has 0 aromatic heterocycles. The highest BCUT2D eigenvalue weighted by Gasteiger charge is 2.28. The second kappa shape index (κ2) is 8.96. The number of hydrogen-bond acceptors (Lipinski definition) is 5. The minimum absolute atomic E-state index is 0.212. The van der Waals surface area contributed by atoms with Crippen LogP contribution in [0, 0.1) is 5.92 Å². The zero-order chi connectivity index (χ0) is 17.6. The van der Waals surface area contributed by atoms with Crippen LogP contribution in [0.25, 0.3) is 0 Å². The summed E-state index contributed by atoms with van der Waals surface area (Å²) in [5.41, 5.74) is 0. The predicted octanol–water partition coefficient (Wildman–Crippen LogP) is 0.0693. The molecule has 0 aliphatic carbocycles. The molecule has 0 spiro atoms. The number of nitrogens with zero attached hydrogens (tertiary/aromatic N) is 3. The molecule has 0 unspecified atom stereocenters. The van der Waals surface area contributed by atoms with E-state index in [9.17, 15) is 9.59 Å². The zero-order valence-electron chi connectivity index (χ0n) is 15.2. The number of piperazine rings is 1. The van der Waals surface area contributed by atoms with E-state index in [1.54, 1.807) is 0 Å². The number of carbonyl (C=O) groups excluding carboxylic acids is 1. The molecule has 3 rings (SSSR count). The van der Waals surface area contributed by atoms with Crippen molar-refractivity contribution >= 4 is 11.9 Å². The summed E-state index contributed by atoms with van der Waals surface area (Å²) < 4.78 is 0. The Labute approximate surface area is 150 Å². The molecule has 0 aromatic rings. The average molecular weight is 352 g/mol. The molecule has 0 atom stereocenters. The number of amides is 1. The van der Waals surface area contributed by atoms with Crippen LogP contribution in [0.1, 0.15) is 32.1 Å². The number of piperidine rings is 2. The first kappa shape index (κ1) is 18.6. The number of likely N-dealkylation sites (tertiary alicyclic amines) is 1. The molecule has 142 valence electrons. The van der Waals surface area contributed by atoms with Crippen molar-refractivity contribution in [3.8, 4) is 0 Å². The van der Waals surface area contributed by atoms with Crippen molar-refractivity contribution in [3.05, 3.63) is 0 Å². The van der Waals surface area contributed by atoms with Crippen LogP contribution in [-0.2, 0) is 9.59 Å². The molecule has 1 amide bonds. The predicted molar refractivity (Wildman–Crippen MR) is 95.5 cm³/mol. The minimum Gasteiger partial charge on any atom is -0.481 e. The third-order valence-corrected chi connectivity index (χ3v) is 6.02. The largest absolute Gasteiger partial charge is 0.481 e. The second-order valence-corrected chi connectivity index (χ2v) is 7.72. The lowest BCUT2D eigenvalue weighted by Gasteiger charge is -2.41. The molecule has 25 heavy (non-hydrogen) atoms. The van der Waals surface area contributed by atoms with Crippen molar-refractivity contribution < 1.29 is 14.7 Å². The Kier molecular flexibility index (Phi) is 6.67. The fraction of sp³-hybridized carbons (Fsp3) is 0.889. The van der Waals surface area contributed by atoms with Crippen LogP contribution in [0.3, 0.4) is 0 Å². The standard InChI is InChI=1S/C18H32N4O3/c23-17(22-7-3-15(4-8-22)13-18(24)25)14-20-9-11-21(12-10-20)16-1-5-19-6-2-16/h15-16,19H,1-14H2,(H,24,25). The van der Waals surface area contributed by atoms with E-state index in [2.05, 4.69) is 15.1 Å². The summed E-state index contributed by atoms with van der Waals surface area (Å²) >= 11 is 0. The first-order valence-corrected chi connectivity index (χ1v) is 9.78. The highest BCUT2D eigenvalue weighted by molar-refractivity contribution is 5.78. The number of carbonyl (C=O) groups is 2. The molecule has 0 radical (unpaired) electrons. The Balaban J connectivity index is 1.36. The number of carboxylic acid groups (broad SMARTS) is 1. The van der Waals surface area contributed by atoms with Gasteiger partial charge in [0, 0.05) is 51.7 Å². The molecule has 0 aromatic carbocycles. The maximum atomic E-state index is 12.5. The van der Waals surface area contributed by atoms with E-state index in [0.29, 0.717) is 25.7 Å². The van der Waals surface area contributed by atoms with Gasteiger partial charge in [-0.3, -0.25) is 19.4 Å². The topological polar surface area (TPSA) is 76.1 Å². The maximum Gasteiger partial charge on any atom is 0.303 e. The minimum atomic E-state index is -0.726. The van der Waals surface area contributed by atoms with Crippen LogP contribution in [0.2, 0.25) is 0 Å². The van der Waals surface area contributed by atoms with Crippen LogP contribution in [0.4, 0.5) is 0 Å². The number of rotatable bonds is 5. The van der Waals surface area contributed by atoms with Gasteiger partial charge in [-0.2, -0.15) is 0 Å². The Bertz CT molecular complexity index is 451. The van der Waals surface area contributed by atoms with Crippen molar-refractivity contribution in [2.24, 2.45) is 5.92 Å². The summed E-state index contributed by atoms with van der Waals surface area (Å²) in [7, 11) is 0. The van der Waals surface area contributed by atoms with Crippen molar-refractivity contribution in [1.82, 2.24) is 20.0 Å². The Morgan fingerprint density at radius 1 is 0.920 bits per heavy atom. The van der Waals surface area contributed by atoms with E-state index in [0.717, 1.165) is 52.1 Å². The fourth-order valence-corrected chi connectivity index (χ4v) is 4.38. The fourth-order valence-electron chi connectivity index (χ4n) is 4.38. The van der Waals surface area contributed by atoms with Gasteiger partial charge < -0.3 is 15.3 Å². The van der Waals surface area contributed by atoms with Crippen LogP contribution >= 0.6 is 0 Å². The smallest absolute Gasteiger partial charge is 0.303 e. The maximum absolute atomic E-state index is 12.5. The molecule has 0 bridgehead atoms. The van der Waals surface area contributed by atoms with Crippen molar-refractivity contribution in [2.75, 3.05) is 58.9 Å². The van der Waals surface area contributed by atoms with Crippen LogP contribution in [0.15, 0.2) is 0 Å². The van der Waals surface area contributed by atoms with Gasteiger partial charge in [-0.15, -0.1) is 0 Å². The molecule has 3 heterocycles. The van der Waals surface area contributed by atoms with Gasteiger partial charge >= 0.3 is 5.97 Å². The lowest BCUT2D eigenvalue weighted by atomic mass is 9.93. The van der Waals surface area contributed by atoms with Gasteiger partial charge in [0.1, 0.15) is 0 Å². The lowest BCUT2D eigenvalue weighted by Crippen LogP contribution is -2.54. The first-order valence-electron chi connectivity index (χ1n) is 9.78. The van der Waals surface area contributed by atoms with E-state index in [-0.39, 0.29) is 18.2 Å². The molecular weight excluding hydrogens is 320 g/mol. The molecule has 7 heteroatoms. The molecule has 7 nitrogen and oxygen atoms in total. The molecular formula is C18H32N4O3. The number of aliphatic carboxylic acids is 1. The van der Waals surface area contributed by atoms with E-state index in [4.69, 9.17) is 5.11 Å². The molecule has 2 N–H and O–H groups in total. The zero-order valence-corrected chi connectivity index (χ0v) is 15.2. The SMILES string of the molecule is O=C(O)CC1CCN(C(=O)CN2CCN(C3CCNCC3)CC2)CC1. The van der Waals surface area contributed by atoms with E-state index in [1.165, 1.54) is 12.8 Å². The summed E-state index contributed by atoms with van der Waals surface area (Å²) in [6.07, 6.45) is 4.36. The van der Waals surface area contributed by atoms with Gasteiger partial charge in [-0.25, -0.2) is 0 Å². The van der Waals surface area contributed by atoms with Gasteiger partial charge in [-0.1, -0.05) is 0 Å². The summed E-state index contributed by atoms with van der Waals surface area (Å²) in [6, 6.07) is 0.715. The number of nitrogens with one attached hydrogen (secondary N) is 1. The van der Waals surface area contributed by atoms with Gasteiger partial charge in [0.25, 0.3) is 0 Å². The Morgan fingerprint density at radius 2 is 1.56 bits per heavy atom. The molecule has 3 fully saturated rings. The van der Waals surface area contributed by atoms with Crippen molar-refractivity contribution in [3.63, 3.8) is 0 Å². The van der Waals surface area contributed by atoms with E-state index >= 15 is 0 Å². The number of hydrogen-bond donors (Lipinski definition) is 2. The Hall–Kier alpha value is -1.18. The van der Waals surface area contributed by atoms with Gasteiger partial charge in [-0.05, 0) is 44.7 Å². The van der Waals surface area contributed by atoms with Crippen LogP contribution in [-0.4, -0.2) is 96.6 Å². The molecule has 3 aliphatic rings. The summed E-state index contributed by atoms with van der Waals surface area (Å²) in [5, 5.41) is 12.3. The summed E-state index contributed by atoms with van der Waals surface area (Å²) in [6.45, 7) is 8.29.